The number of nitrogens with one attached hydrogen (secondary N) is 1. The molecule has 2 heterocycles. The topological polar surface area (TPSA) is 68.8 Å². The number of likely N-dealkylation sites (tertiary alicyclic amines) is 1. The van der Waals surface area contributed by atoms with E-state index in [1.54, 1.807) is 21.3 Å². The number of methoxy groups -OCH3 is 3. The molecule has 0 bridgehead atoms. The number of piperidine rings is 1. The zero-order valence-electron chi connectivity index (χ0n) is 17.9. The Kier molecular flexibility index (Phi) is 6.28. The minimum Gasteiger partial charge on any atom is -0.493 e. The van der Waals surface area contributed by atoms with Gasteiger partial charge < -0.3 is 23.9 Å². The molecule has 0 atom stereocenters. The van der Waals surface area contributed by atoms with E-state index in [2.05, 4.69) is 9.88 Å². The Morgan fingerprint density at radius 2 is 1.67 bits per heavy atom. The molecule has 0 aliphatic carbocycles. The minimum absolute atomic E-state index is 0.559. The summed E-state index contributed by atoms with van der Waals surface area (Å²) in [7, 11) is 4.80. The van der Waals surface area contributed by atoms with Gasteiger partial charge in [-0.1, -0.05) is 6.42 Å². The van der Waals surface area contributed by atoms with E-state index in [0.717, 1.165) is 34.7 Å². The van der Waals surface area contributed by atoms with Crippen LogP contribution in [0.2, 0.25) is 0 Å². The molecule has 30 heavy (non-hydrogen) atoms. The largest absolute Gasteiger partial charge is 0.493 e. The summed E-state index contributed by atoms with van der Waals surface area (Å²) in [6.45, 7) is 4.03. The van der Waals surface area contributed by atoms with Crippen LogP contribution in [-0.2, 0) is 0 Å². The fourth-order valence-electron chi connectivity index (χ4n) is 3.91. The average Bonchev–Trinajstić information content (AvgIpc) is 3.22. The van der Waals surface area contributed by atoms with E-state index in [1.807, 2.05) is 30.3 Å². The van der Waals surface area contributed by atoms with Crippen LogP contribution >= 0.6 is 0 Å². The third-order valence-electron chi connectivity index (χ3n) is 5.52. The van der Waals surface area contributed by atoms with Crippen molar-refractivity contribution in [3.05, 3.63) is 30.3 Å². The first-order valence-corrected chi connectivity index (χ1v) is 10.4. The molecule has 0 amide bonds. The van der Waals surface area contributed by atoms with Gasteiger partial charge in [-0.25, -0.2) is 4.98 Å². The zero-order valence-corrected chi connectivity index (χ0v) is 17.9. The van der Waals surface area contributed by atoms with Crippen LogP contribution < -0.4 is 18.9 Å². The van der Waals surface area contributed by atoms with Crippen molar-refractivity contribution in [1.82, 2.24) is 14.9 Å². The average molecular weight is 412 g/mol. The first-order valence-electron chi connectivity index (χ1n) is 10.4. The number of fused-ring (bicyclic) bond motifs is 1. The van der Waals surface area contributed by atoms with E-state index in [-0.39, 0.29) is 0 Å². The molecule has 1 saturated heterocycles. The van der Waals surface area contributed by atoms with E-state index in [9.17, 15) is 0 Å². The first kappa shape index (κ1) is 20.3. The summed E-state index contributed by atoms with van der Waals surface area (Å²) < 4.78 is 22.3. The van der Waals surface area contributed by atoms with Crippen molar-refractivity contribution in [3.63, 3.8) is 0 Å². The van der Waals surface area contributed by atoms with Gasteiger partial charge in [0.05, 0.1) is 32.4 Å². The van der Waals surface area contributed by atoms with Crippen molar-refractivity contribution < 1.29 is 18.9 Å². The van der Waals surface area contributed by atoms with Crippen LogP contribution in [0.1, 0.15) is 19.3 Å². The Hall–Kier alpha value is -2.93. The van der Waals surface area contributed by atoms with E-state index >= 15 is 0 Å². The van der Waals surface area contributed by atoms with Crippen molar-refractivity contribution in [1.29, 1.82) is 0 Å². The molecular formula is C23H29N3O4. The summed E-state index contributed by atoms with van der Waals surface area (Å²) in [6.07, 6.45) is 3.94. The smallest absolute Gasteiger partial charge is 0.203 e. The Morgan fingerprint density at radius 3 is 2.33 bits per heavy atom. The van der Waals surface area contributed by atoms with Gasteiger partial charge in [0.2, 0.25) is 5.75 Å². The standard InChI is InChI=1S/C23H29N3O4/c1-27-20-13-16(14-21(28-2)22(20)29-3)23-24-18-8-7-17(15-19(18)25-23)30-12-11-26-9-5-4-6-10-26/h7-8,13-15H,4-6,9-12H2,1-3H3,(H,24,25). The lowest BCUT2D eigenvalue weighted by atomic mass is 10.1. The van der Waals surface area contributed by atoms with Crippen LogP contribution in [0.4, 0.5) is 0 Å². The minimum atomic E-state index is 0.559. The fourth-order valence-corrected chi connectivity index (χ4v) is 3.91. The zero-order chi connectivity index (χ0) is 20.9. The summed E-state index contributed by atoms with van der Waals surface area (Å²) in [6, 6.07) is 9.71. The predicted octanol–water partition coefficient (Wildman–Crippen LogP) is 4.12. The maximum absolute atomic E-state index is 5.99. The molecule has 1 aliphatic rings. The van der Waals surface area contributed by atoms with Crippen LogP contribution in [0, 0.1) is 0 Å². The Balaban J connectivity index is 1.52. The summed E-state index contributed by atoms with van der Waals surface area (Å²) in [5.74, 6) is 3.32. The second kappa shape index (κ2) is 9.26. The van der Waals surface area contributed by atoms with Crippen LogP contribution in [0.15, 0.2) is 30.3 Å². The lowest BCUT2D eigenvalue weighted by molar-refractivity contribution is 0.183. The van der Waals surface area contributed by atoms with Crippen molar-refractivity contribution in [3.8, 4) is 34.4 Å². The van der Waals surface area contributed by atoms with Gasteiger partial charge >= 0.3 is 0 Å². The third-order valence-corrected chi connectivity index (χ3v) is 5.52. The molecule has 1 fully saturated rings. The lowest BCUT2D eigenvalue weighted by Crippen LogP contribution is -2.33. The van der Waals surface area contributed by atoms with Gasteiger partial charge in [-0.2, -0.15) is 0 Å². The predicted molar refractivity (Wildman–Crippen MR) is 117 cm³/mol. The first-order chi connectivity index (χ1) is 14.7. The SMILES string of the molecule is COc1cc(-c2nc3ccc(OCCN4CCCCC4)cc3[nH]2)cc(OC)c1OC. The molecule has 1 aliphatic heterocycles. The van der Waals surface area contributed by atoms with Crippen molar-refractivity contribution in [2.45, 2.75) is 19.3 Å². The molecule has 0 unspecified atom stereocenters. The molecule has 1 aromatic heterocycles. The van der Waals surface area contributed by atoms with Gasteiger partial charge in [-0.15, -0.1) is 0 Å². The van der Waals surface area contributed by atoms with Crippen LogP contribution in [0.3, 0.4) is 0 Å². The molecule has 0 radical (unpaired) electrons. The highest BCUT2D eigenvalue weighted by Crippen LogP contribution is 2.41. The van der Waals surface area contributed by atoms with Gasteiger partial charge in [0.15, 0.2) is 11.5 Å². The van der Waals surface area contributed by atoms with Gasteiger partial charge in [0.1, 0.15) is 18.2 Å². The summed E-state index contributed by atoms with van der Waals surface area (Å²) in [4.78, 5) is 10.6. The normalized spacial score (nSPS) is 14.6. The van der Waals surface area contributed by atoms with Crippen molar-refractivity contribution >= 4 is 11.0 Å². The van der Waals surface area contributed by atoms with Crippen molar-refractivity contribution in [2.75, 3.05) is 47.6 Å². The number of benzene rings is 2. The number of rotatable bonds is 8. The van der Waals surface area contributed by atoms with Crippen LogP contribution in [-0.4, -0.2) is 62.4 Å². The highest BCUT2D eigenvalue weighted by molar-refractivity contribution is 5.81. The van der Waals surface area contributed by atoms with Gasteiger partial charge in [-0.05, 0) is 50.2 Å². The number of ether oxygens (including phenoxy) is 4. The van der Waals surface area contributed by atoms with E-state index < -0.39 is 0 Å². The molecule has 4 rings (SSSR count). The number of aromatic amines is 1. The molecule has 7 heteroatoms. The third kappa shape index (κ3) is 4.31. The number of H-pyrrole nitrogens is 1. The van der Waals surface area contributed by atoms with Crippen molar-refractivity contribution in [2.24, 2.45) is 0 Å². The number of imidazole rings is 1. The second-order valence-corrected chi connectivity index (χ2v) is 7.43. The highest BCUT2D eigenvalue weighted by Gasteiger charge is 2.16. The maximum atomic E-state index is 5.99. The summed E-state index contributed by atoms with van der Waals surface area (Å²) in [5.41, 5.74) is 2.66. The summed E-state index contributed by atoms with van der Waals surface area (Å²) >= 11 is 0. The van der Waals surface area contributed by atoms with Gasteiger partial charge in [-0.3, -0.25) is 4.90 Å². The molecule has 0 spiro atoms. The lowest BCUT2D eigenvalue weighted by Gasteiger charge is -2.26. The molecule has 0 saturated carbocycles. The quantitative estimate of drug-likeness (QED) is 0.601. The number of hydrogen-bond donors (Lipinski definition) is 1. The monoisotopic (exact) mass is 411 g/mol. The molecule has 1 N–H and O–H groups in total. The molecule has 160 valence electrons. The van der Waals surface area contributed by atoms with Crippen LogP contribution in [0.5, 0.6) is 23.0 Å². The van der Waals surface area contributed by atoms with Gasteiger partial charge in [0.25, 0.3) is 0 Å². The Labute approximate surface area is 176 Å². The Morgan fingerprint density at radius 1 is 0.933 bits per heavy atom. The molecule has 2 aromatic carbocycles. The maximum Gasteiger partial charge on any atom is 0.203 e. The second-order valence-electron chi connectivity index (χ2n) is 7.43. The fraction of sp³-hybridized carbons (Fsp3) is 0.435. The number of hydrogen-bond acceptors (Lipinski definition) is 6. The van der Waals surface area contributed by atoms with E-state index in [1.165, 1.54) is 32.4 Å². The van der Waals surface area contributed by atoms with E-state index in [0.29, 0.717) is 23.9 Å². The molecule has 3 aromatic rings. The Bertz CT molecular complexity index is 970. The summed E-state index contributed by atoms with van der Waals surface area (Å²) in [5, 5.41) is 0. The number of aromatic nitrogens is 2. The molecule has 7 nitrogen and oxygen atoms in total. The highest BCUT2D eigenvalue weighted by atomic mass is 16.5. The number of nitrogens with zero attached hydrogens (tertiary/aromatic N) is 2. The van der Waals surface area contributed by atoms with E-state index in [4.69, 9.17) is 23.9 Å². The van der Waals surface area contributed by atoms with Crippen LogP contribution in [0.25, 0.3) is 22.4 Å². The van der Waals surface area contributed by atoms with Gasteiger partial charge in [0, 0.05) is 18.2 Å². The molecular weight excluding hydrogens is 382 g/mol.